The summed E-state index contributed by atoms with van der Waals surface area (Å²) in [5.74, 6) is 0. The second kappa shape index (κ2) is 6.76. The molecule has 0 atom stereocenters. The van der Waals surface area contributed by atoms with E-state index in [1.807, 2.05) is 38.7 Å². The van der Waals surface area contributed by atoms with Crippen molar-refractivity contribution in [1.29, 1.82) is 0 Å². The molecule has 7 heteroatoms. The molecule has 1 N–H and O–H groups in total. The summed E-state index contributed by atoms with van der Waals surface area (Å²) in [6.07, 6.45) is 0. The van der Waals surface area contributed by atoms with Gasteiger partial charge in [0.15, 0.2) is 5.13 Å². The summed E-state index contributed by atoms with van der Waals surface area (Å²) in [5, 5.41) is 6.13. The van der Waals surface area contributed by atoms with E-state index < -0.39 is 0 Å². The molecule has 0 unspecified atom stereocenters. The Kier molecular flexibility index (Phi) is 4.71. The Morgan fingerprint density at radius 1 is 1.08 bits per heavy atom. The minimum atomic E-state index is -0.0539. The van der Waals surface area contributed by atoms with Crippen LogP contribution in [0, 0.1) is 27.7 Å². The molecule has 3 rings (SSSR count). The molecule has 24 heavy (non-hydrogen) atoms. The Balaban J connectivity index is 1.61. The Morgan fingerprint density at radius 2 is 1.79 bits per heavy atom. The zero-order chi connectivity index (χ0) is 17.3. The van der Waals surface area contributed by atoms with Gasteiger partial charge in [0.25, 0.3) is 0 Å². The fourth-order valence-corrected chi connectivity index (χ4v) is 3.84. The molecule has 1 aliphatic heterocycles. The largest absolute Gasteiger partial charge is 0.345 e. The van der Waals surface area contributed by atoms with Crippen LogP contribution in [-0.2, 0) is 0 Å². The Hall–Kier alpha value is -2.15. The van der Waals surface area contributed by atoms with Crippen LogP contribution in [0.5, 0.6) is 0 Å². The number of amides is 2. The van der Waals surface area contributed by atoms with Gasteiger partial charge in [-0.05, 0) is 39.3 Å². The van der Waals surface area contributed by atoms with Gasteiger partial charge in [0.2, 0.25) is 0 Å². The minimum Gasteiger partial charge on any atom is -0.345 e. The summed E-state index contributed by atoms with van der Waals surface area (Å²) in [6.45, 7) is 10.9. The Labute approximate surface area is 146 Å². The number of carbonyl (C=O) groups excluding carboxylic acids is 1. The molecule has 6 nitrogen and oxygen atoms in total. The highest BCUT2D eigenvalue weighted by atomic mass is 32.1. The van der Waals surface area contributed by atoms with Crippen LogP contribution in [0.2, 0.25) is 0 Å². The van der Waals surface area contributed by atoms with Crippen molar-refractivity contribution in [2.75, 3.05) is 36.4 Å². The van der Waals surface area contributed by atoms with Crippen molar-refractivity contribution >= 4 is 28.2 Å². The first-order valence-corrected chi connectivity index (χ1v) is 9.00. The topological polar surface area (TPSA) is 61.4 Å². The molecule has 2 amide bonds. The third-order valence-electron chi connectivity index (χ3n) is 4.20. The number of nitrogens with zero attached hydrogens (tertiary/aromatic N) is 4. The normalized spacial score (nSPS) is 14.8. The third-order valence-corrected chi connectivity index (χ3v) is 5.22. The van der Waals surface area contributed by atoms with Crippen LogP contribution < -0.4 is 10.2 Å². The van der Waals surface area contributed by atoms with E-state index in [-0.39, 0.29) is 6.03 Å². The van der Waals surface area contributed by atoms with Crippen molar-refractivity contribution in [2.45, 2.75) is 27.7 Å². The monoisotopic (exact) mass is 345 g/mol. The fraction of sp³-hybridized carbons (Fsp3) is 0.471. The number of urea groups is 1. The number of aryl methyl sites for hydroxylation is 4. The van der Waals surface area contributed by atoms with Crippen LogP contribution in [0.25, 0.3) is 0 Å². The van der Waals surface area contributed by atoms with Crippen molar-refractivity contribution in [2.24, 2.45) is 0 Å². The molecule has 0 saturated carbocycles. The van der Waals surface area contributed by atoms with E-state index in [2.05, 4.69) is 25.6 Å². The quantitative estimate of drug-likeness (QED) is 0.908. The van der Waals surface area contributed by atoms with Crippen molar-refractivity contribution < 1.29 is 4.79 Å². The van der Waals surface area contributed by atoms with Gasteiger partial charge in [-0.2, -0.15) is 0 Å². The molecule has 3 heterocycles. The number of thiazole rings is 1. The lowest BCUT2D eigenvalue weighted by Crippen LogP contribution is -2.50. The number of pyridine rings is 1. The van der Waals surface area contributed by atoms with Gasteiger partial charge in [-0.1, -0.05) is 0 Å². The van der Waals surface area contributed by atoms with Crippen LogP contribution in [-0.4, -0.2) is 47.1 Å². The summed E-state index contributed by atoms with van der Waals surface area (Å²) in [4.78, 5) is 25.6. The van der Waals surface area contributed by atoms with E-state index in [0.717, 1.165) is 46.6 Å². The number of carbonyl (C=O) groups is 1. The molecule has 0 aromatic carbocycles. The zero-order valence-electron chi connectivity index (χ0n) is 14.6. The number of hydrogen-bond donors (Lipinski definition) is 1. The first-order valence-electron chi connectivity index (χ1n) is 8.12. The Morgan fingerprint density at radius 3 is 2.38 bits per heavy atom. The molecule has 0 aliphatic carbocycles. The van der Waals surface area contributed by atoms with Crippen LogP contribution in [0.4, 0.5) is 15.6 Å². The maximum atomic E-state index is 12.6. The highest BCUT2D eigenvalue weighted by molar-refractivity contribution is 7.13. The first kappa shape index (κ1) is 16.7. The van der Waals surface area contributed by atoms with E-state index in [1.54, 1.807) is 11.3 Å². The summed E-state index contributed by atoms with van der Waals surface area (Å²) >= 11 is 1.66. The molecule has 2 aromatic rings. The molecule has 128 valence electrons. The average molecular weight is 345 g/mol. The highest BCUT2D eigenvalue weighted by Crippen LogP contribution is 2.23. The maximum absolute atomic E-state index is 12.6. The van der Waals surface area contributed by atoms with E-state index in [4.69, 9.17) is 0 Å². The van der Waals surface area contributed by atoms with Gasteiger partial charge in [-0.15, -0.1) is 11.3 Å². The maximum Gasteiger partial charge on any atom is 0.322 e. The fourth-order valence-electron chi connectivity index (χ4n) is 2.99. The third kappa shape index (κ3) is 3.51. The summed E-state index contributed by atoms with van der Waals surface area (Å²) in [7, 11) is 0. The predicted molar refractivity (Wildman–Crippen MR) is 98.1 cm³/mol. The Bertz CT molecular complexity index is 726. The van der Waals surface area contributed by atoms with E-state index in [0.29, 0.717) is 13.1 Å². The molecule has 0 spiro atoms. The number of nitrogens with one attached hydrogen (secondary N) is 1. The van der Waals surface area contributed by atoms with Gasteiger partial charge in [-0.3, -0.25) is 4.98 Å². The molecule has 1 saturated heterocycles. The van der Waals surface area contributed by atoms with E-state index >= 15 is 0 Å². The van der Waals surface area contributed by atoms with Crippen molar-refractivity contribution in [3.8, 4) is 0 Å². The lowest BCUT2D eigenvalue weighted by atomic mass is 10.1. The van der Waals surface area contributed by atoms with Gasteiger partial charge >= 0.3 is 6.03 Å². The van der Waals surface area contributed by atoms with E-state index in [1.165, 1.54) is 0 Å². The van der Waals surface area contributed by atoms with Gasteiger partial charge in [0.1, 0.15) is 0 Å². The van der Waals surface area contributed by atoms with Gasteiger partial charge < -0.3 is 15.1 Å². The summed E-state index contributed by atoms with van der Waals surface area (Å²) < 4.78 is 0. The number of piperazine rings is 1. The van der Waals surface area contributed by atoms with Gasteiger partial charge in [0, 0.05) is 37.3 Å². The smallest absolute Gasteiger partial charge is 0.322 e. The number of anilines is 2. The number of hydrogen-bond acceptors (Lipinski definition) is 5. The first-order chi connectivity index (χ1) is 11.4. The van der Waals surface area contributed by atoms with Crippen molar-refractivity contribution in [1.82, 2.24) is 14.9 Å². The average Bonchev–Trinajstić information content (AvgIpc) is 2.97. The molecule has 1 aliphatic rings. The van der Waals surface area contributed by atoms with Crippen molar-refractivity contribution in [3.05, 3.63) is 34.1 Å². The summed E-state index contributed by atoms with van der Waals surface area (Å²) in [5.41, 5.74) is 4.75. The molecular formula is C17H23N5OS. The SMILES string of the molecule is Cc1csc(N2CCN(C(=O)Nc3c(C)cc(C)nc3C)CC2)n1. The standard InChI is InChI=1S/C17H23N5OS/c1-11-9-12(2)18-14(4)15(11)20-16(23)21-5-7-22(8-6-21)17-19-13(3)10-24-17/h9-10H,5-8H2,1-4H3,(H,20,23). The summed E-state index contributed by atoms with van der Waals surface area (Å²) in [6, 6.07) is 1.94. The number of rotatable bonds is 2. The van der Waals surface area contributed by atoms with E-state index in [9.17, 15) is 4.79 Å². The van der Waals surface area contributed by atoms with Gasteiger partial charge in [-0.25, -0.2) is 9.78 Å². The minimum absolute atomic E-state index is 0.0539. The molecular weight excluding hydrogens is 322 g/mol. The lowest BCUT2D eigenvalue weighted by molar-refractivity contribution is 0.208. The molecule has 2 aromatic heterocycles. The lowest BCUT2D eigenvalue weighted by Gasteiger charge is -2.34. The second-order valence-corrected chi connectivity index (χ2v) is 7.05. The molecule has 0 radical (unpaired) electrons. The van der Waals surface area contributed by atoms with Gasteiger partial charge in [0.05, 0.1) is 17.1 Å². The zero-order valence-corrected chi connectivity index (χ0v) is 15.4. The predicted octanol–water partition coefficient (Wildman–Crippen LogP) is 3.13. The van der Waals surface area contributed by atoms with Crippen LogP contribution >= 0.6 is 11.3 Å². The van der Waals surface area contributed by atoms with Crippen LogP contribution in [0.1, 0.15) is 22.6 Å². The molecule has 1 fully saturated rings. The van der Waals surface area contributed by atoms with Crippen LogP contribution in [0.3, 0.4) is 0 Å². The van der Waals surface area contributed by atoms with Crippen LogP contribution in [0.15, 0.2) is 11.4 Å². The van der Waals surface area contributed by atoms with Crippen molar-refractivity contribution in [3.63, 3.8) is 0 Å². The highest BCUT2D eigenvalue weighted by Gasteiger charge is 2.23. The molecule has 0 bridgehead atoms. The second-order valence-electron chi connectivity index (χ2n) is 6.22. The number of aromatic nitrogens is 2.